The number of carbonyl (C=O) groups excluding carboxylic acids is 1. The Balaban J connectivity index is 1.93. The van der Waals surface area contributed by atoms with E-state index in [1.165, 1.54) is 6.92 Å². The number of carbonyl (C=O) groups is 2. The van der Waals surface area contributed by atoms with E-state index < -0.39 is 36.4 Å². The molecule has 18 heavy (non-hydrogen) atoms. The number of carboxylic acid groups (broad SMARTS) is 1. The zero-order valence-corrected chi connectivity index (χ0v) is 9.74. The third-order valence-corrected chi connectivity index (χ3v) is 2.92. The van der Waals surface area contributed by atoms with E-state index >= 15 is 0 Å². The molecular formula is C11H14O7. The number of aliphatic carboxylic acids is 1. The van der Waals surface area contributed by atoms with Gasteiger partial charge in [-0.05, 0) is 6.92 Å². The van der Waals surface area contributed by atoms with Crippen molar-refractivity contribution < 1.29 is 34.0 Å². The third kappa shape index (κ3) is 2.53. The largest absolute Gasteiger partial charge is 0.478 e. The second-order valence-electron chi connectivity index (χ2n) is 4.27. The molecule has 2 aliphatic rings. The van der Waals surface area contributed by atoms with Crippen LogP contribution in [0.15, 0.2) is 11.6 Å². The quantitative estimate of drug-likeness (QED) is 0.499. The molecule has 2 fully saturated rings. The maximum absolute atomic E-state index is 11.4. The van der Waals surface area contributed by atoms with Gasteiger partial charge in [0.1, 0.15) is 18.3 Å². The minimum absolute atomic E-state index is 0.108. The fourth-order valence-corrected chi connectivity index (χ4v) is 1.97. The maximum Gasteiger partial charge on any atom is 0.331 e. The van der Waals surface area contributed by atoms with Gasteiger partial charge in [-0.15, -0.1) is 0 Å². The van der Waals surface area contributed by atoms with Crippen molar-refractivity contribution in [2.45, 2.75) is 31.3 Å². The summed E-state index contributed by atoms with van der Waals surface area (Å²) < 4.78 is 15.6. The van der Waals surface area contributed by atoms with E-state index in [-0.39, 0.29) is 18.8 Å². The monoisotopic (exact) mass is 258 g/mol. The fourth-order valence-electron chi connectivity index (χ4n) is 1.97. The summed E-state index contributed by atoms with van der Waals surface area (Å²) in [7, 11) is 0. The number of rotatable bonds is 3. The van der Waals surface area contributed by atoms with E-state index in [2.05, 4.69) is 0 Å². The van der Waals surface area contributed by atoms with Gasteiger partial charge in [0.05, 0.1) is 13.2 Å². The van der Waals surface area contributed by atoms with E-state index in [4.69, 9.17) is 19.3 Å². The van der Waals surface area contributed by atoms with Gasteiger partial charge in [0.25, 0.3) is 0 Å². The molecule has 0 bridgehead atoms. The molecule has 2 saturated heterocycles. The van der Waals surface area contributed by atoms with Crippen LogP contribution in [0.4, 0.5) is 0 Å². The third-order valence-electron chi connectivity index (χ3n) is 2.92. The second kappa shape index (κ2) is 5.05. The van der Waals surface area contributed by atoms with Gasteiger partial charge in [-0.2, -0.15) is 0 Å². The molecular weight excluding hydrogens is 244 g/mol. The van der Waals surface area contributed by atoms with Gasteiger partial charge in [0, 0.05) is 11.6 Å². The average molecular weight is 258 g/mol. The number of fused-ring (bicyclic) bond motifs is 1. The van der Waals surface area contributed by atoms with Crippen molar-refractivity contribution in [3.8, 4) is 0 Å². The van der Waals surface area contributed by atoms with Crippen LogP contribution in [0.5, 0.6) is 0 Å². The summed E-state index contributed by atoms with van der Waals surface area (Å²) in [5, 5.41) is 18.1. The molecule has 4 atom stereocenters. The second-order valence-corrected chi connectivity index (χ2v) is 4.27. The highest BCUT2D eigenvalue weighted by atomic mass is 16.6. The molecule has 0 spiro atoms. The van der Waals surface area contributed by atoms with Crippen molar-refractivity contribution in [2.24, 2.45) is 0 Å². The van der Waals surface area contributed by atoms with Crippen molar-refractivity contribution >= 4 is 11.9 Å². The van der Waals surface area contributed by atoms with Crippen LogP contribution in [-0.4, -0.2) is 59.8 Å². The molecule has 0 aromatic rings. The molecule has 7 heteroatoms. The molecule has 100 valence electrons. The highest BCUT2D eigenvalue weighted by Crippen LogP contribution is 2.28. The Morgan fingerprint density at radius 1 is 1.28 bits per heavy atom. The molecule has 0 aromatic carbocycles. The molecule has 0 radical (unpaired) electrons. The maximum atomic E-state index is 11.4. The Hall–Kier alpha value is -1.44. The van der Waals surface area contributed by atoms with E-state index in [0.29, 0.717) is 0 Å². The highest BCUT2D eigenvalue weighted by Gasteiger charge is 2.48. The number of hydrogen-bond acceptors (Lipinski definition) is 6. The number of aliphatic hydroxyl groups excluding tert-OH is 1. The highest BCUT2D eigenvalue weighted by molar-refractivity contribution is 5.94. The lowest BCUT2D eigenvalue weighted by molar-refractivity contribution is -0.148. The number of esters is 1. The van der Waals surface area contributed by atoms with Gasteiger partial charge in [0.15, 0.2) is 6.10 Å². The van der Waals surface area contributed by atoms with Crippen LogP contribution < -0.4 is 0 Å². The summed E-state index contributed by atoms with van der Waals surface area (Å²) in [6.45, 7) is 1.58. The Kier molecular flexibility index (Phi) is 3.65. The molecule has 2 N–H and O–H groups in total. The summed E-state index contributed by atoms with van der Waals surface area (Å²) in [5.74, 6) is -1.94. The van der Waals surface area contributed by atoms with Gasteiger partial charge in [-0.25, -0.2) is 9.59 Å². The first-order valence-corrected chi connectivity index (χ1v) is 5.52. The zero-order valence-electron chi connectivity index (χ0n) is 9.74. The van der Waals surface area contributed by atoms with Crippen LogP contribution in [0, 0.1) is 0 Å². The minimum Gasteiger partial charge on any atom is -0.478 e. The molecule has 2 heterocycles. The van der Waals surface area contributed by atoms with Gasteiger partial charge < -0.3 is 24.4 Å². The molecule has 2 aliphatic heterocycles. The summed E-state index contributed by atoms with van der Waals surface area (Å²) in [6, 6.07) is 0. The Labute approximate surface area is 103 Å². The number of ether oxygens (including phenoxy) is 3. The van der Waals surface area contributed by atoms with Crippen LogP contribution in [0.1, 0.15) is 6.92 Å². The standard InChI is InChI=1S/C11H14O7/c1-5(11(14)15)2-8(13)18-7-4-17-9-6(12)3-16-10(7)9/h2,6-7,9-10,12H,3-4H2,1H3,(H,14,15)/b5-2+/t6-,7+,9+,10+/m0/s1. The van der Waals surface area contributed by atoms with Crippen LogP contribution in [0.25, 0.3) is 0 Å². The van der Waals surface area contributed by atoms with E-state index in [9.17, 15) is 14.7 Å². The molecule has 7 nitrogen and oxygen atoms in total. The van der Waals surface area contributed by atoms with Gasteiger partial charge in [-0.3, -0.25) is 0 Å². The average Bonchev–Trinajstić information content (AvgIpc) is 2.83. The van der Waals surface area contributed by atoms with Crippen molar-refractivity contribution in [3.05, 3.63) is 11.6 Å². The van der Waals surface area contributed by atoms with Crippen molar-refractivity contribution in [1.82, 2.24) is 0 Å². The Morgan fingerprint density at radius 3 is 2.61 bits per heavy atom. The predicted octanol–water partition coefficient (Wildman–Crippen LogP) is -0.912. The van der Waals surface area contributed by atoms with E-state index in [1.807, 2.05) is 0 Å². The number of carboxylic acids is 1. The molecule has 2 rings (SSSR count). The van der Waals surface area contributed by atoms with E-state index in [0.717, 1.165) is 6.08 Å². The lowest BCUT2D eigenvalue weighted by Gasteiger charge is -2.15. The Bertz CT molecular complexity index is 389. The van der Waals surface area contributed by atoms with Gasteiger partial charge in [-0.1, -0.05) is 0 Å². The van der Waals surface area contributed by atoms with E-state index in [1.54, 1.807) is 0 Å². The fraction of sp³-hybridized carbons (Fsp3) is 0.636. The van der Waals surface area contributed by atoms with Crippen LogP contribution in [-0.2, 0) is 23.8 Å². The lowest BCUT2D eigenvalue weighted by atomic mass is 10.1. The topological polar surface area (TPSA) is 102 Å². The number of hydrogen-bond donors (Lipinski definition) is 2. The number of aliphatic hydroxyl groups is 1. The first-order chi connectivity index (χ1) is 8.49. The Morgan fingerprint density at radius 2 is 1.94 bits per heavy atom. The minimum atomic E-state index is -1.18. The van der Waals surface area contributed by atoms with Gasteiger partial charge >= 0.3 is 11.9 Å². The van der Waals surface area contributed by atoms with Crippen LogP contribution in [0.2, 0.25) is 0 Å². The molecule has 0 amide bonds. The first-order valence-electron chi connectivity index (χ1n) is 5.52. The molecule has 0 aromatic heterocycles. The van der Waals surface area contributed by atoms with Crippen molar-refractivity contribution in [1.29, 1.82) is 0 Å². The molecule has 0 saturated carbocycles. The summed E-state index contributed by atoms with van der Waals surface area (Å²) in [5.41, 5.74) is -0.108. The van der Waals surface area contributed by atoms with Crippen LogP contribution >= 0.6 is 0 Å². The van der Waals surface area contributed by atoms with Gasteiger partial charge in [0.2, 0.25) is 0 Å². The molecule has 0 aliphatic carbocycles. The summed E-state index contributed by atoms with van der Waals surface area (Å²) in [4.78, 5) is 22.0. The smallest absolute Gasteiger partial charge is 0.331 e. The normalized spacial score (nSPS) is 35.3. The first kappa shape index (κ1) is 13.0. The predicted molar refractivity (Wildman–Crippen MR) is 56.8 cm³/mol. The SMILES string of the molecule is C/C(=C\C(=O)O[C@@H]1CO[C@H]2[C@@H]1OC[C@@H]2O)C(=O)O. The zero-order chi connectivity index (χ0) is 13.3. The summed E-state index contributed by atoms with van der Waals surface area (Å²) in [6.07, 6.45) is -1.39. The van der Waals surface area contributed by atoms with Crippen LogP contribution in [0.3, 0.4) is 0 Å². The summed E-state index contributed by atoms with van der Waals surface area (Å²) >= 11 is 0. The lowest BCUT2D eigenvalue weighted by Crippen LogP contribution is -2.34. The van der Waals surface area contributed by atoms with Crippen molar-refractivity contribution in [2.75, 3.05) is 13.2 Å². The molecule has 0 unspecified atom stereocenters. The van der Waals surface area contributed by atoms with Crippen molar-refractivity contribution in [3.63, 3.8) is 0 Å².